The number of hydrogen-bond donors (Lipinski definition) is 10. The minimum Gasteiger partial charge on any atom is -0.480 e. The van der Waals surface area contributed by atoms with Crippen LogP contribution in [0.5, 0.6) is 0 Å². The Hall–Kier alpha value is -5.38. The van der Waals surface area contributed by atoms with E-state index in [0.717, 1.165) is 0 Å². The van der Waals surface area contributed by atoms with E-state index in [1.807, 2.05) is 34.6 Å². The smallest absolute Gasteiger partial charge is 0.326 e. The molecule has 0 aromatic heterocycles. The number of aliphatic carboxylic acids is 1. The van der Waals surface area contributed by atoms with Crippen molar-refractivity contribution in [1.82, 2.24) is 47.0 Å². The van der Waals surface area contributed by atoms with Gasteiger partial charge in [-0.05, 0) is 81.0 Å². The third-order valence-corrected chi connectivity index (χ3v) is 13.1. The van der Waals surface area contributed by atoms with Crippen LogP contribution in [0.4, 0.5) is 0 Å². The molecule has 0 aliphatic carbocycles. The third-order valence-electron chi connectivity index (χ3n) is 13.1. The fourth-order valence-corrected chi connectivity index (χ4v) is 8.60. The normalized spacial score (nSPS) is 19.8. The van der Waals surface area contributed by atoms with E-state index in [0.29, 0.717) is 25.7 Å². The molecule has 9 amide bonds. The van der Waals surface area contributed by atoms with E-state index in [2.05, 4.69) is 37.2 Å². The number of carboxylic acid groups (broad SMARTS) is 1. The Morgan fingerprint density at radius 2 is 0.986 bits per heavy atom. The van der Waals surface area contributed by atoms with Crippen LogP contribution < -0.4 is 43.0 Å². The maximum absolute atomic E-state index is 14.3. The van der Waals surface area contributed by atoms with E-state index >= 15 is 0 Å². The number of carboxylic acids is 1. The number of carbonyl (C=O) groups excluding carboxylic acids is 9. The Morgan fingerprint density at radius 1 is 0.549 bits per heavy atom. The quantitative estimate of drug-likeness (QED) is 0.0515. The molecule has 404 valence electrons. The highest BCUT2D eigenvalue weighted by molar-refractivity contribution is 5.98. The van der Waals surface area contributed by atoms with Crippen LogP contribution in [-0.2, 0) is 47.9 Å². The van der Waals surface area contributed by atoms with E-state index in [9.17, 15) is 58.2 Å². The summed E-state index contributed by atoms with van der Waals surface area (Å²) in [5.41, 5.74) is 6.00. The minimum atomic E-state index is -1.58. The highest BCUT2D eigenvalue weighted by Gasteiger charge is 2.42. The number of nitrogens with zero attached hydrogens (tertiary/aromatic N) is 2. The second-order valence-corrected chi connectivity index (χ2v) is 21.2. The van der Waals surface area contributed by atoms with Crippen LogP contribution >= 0.6 is 0 Å². The lowest BCUT2D eigenvalue weighted by Crippen LogP contribution is -2.62. The van der Waals surface area contributed by atoms with E-state index in [-0.39, 0.29) is 61.9 Å². The standard InChI is InChI=1S/C49H86N10O12/c1-14-29(12)39(46(67)53-32(49(70)71)22-25(4)5)56-42(63)34-18-15-19-58(34)35(61)23-51-41(62)33-17-16-20-59(33)48(69)31(21-24(2)3)52-47(68)40(30(13)60)57-45(66)38(28(10)11)55-44(65)37(27(8)9)54-43(64)36(50)26(6)7/h24-34,36-40,60H,14-23,50H2,1-13H3,(H,51,62)(H,52,68)(H,53,67)(H,54,64)(H,55,65)(H,56,63)(H,57,66)(H,70,71)/t29-,30+,31-,32-,33-,34-,36-,37-,38-,39-,40-/m0/s1. The molecule has 2 rings (SSSR count). The first-order valence-electron chi connectivity index (χ1n) is 25.4. The number of nitrogens with one attached hydrogen (secondary N) is 7. The van der Waals surface area contributed by atoms with Crippen LogP contribution in [0.15, 0.2) is 0 Å². The van der Waals surface area contributed by atoms with Crippen molar-refractivity contribution in [3.63, 3.8) is 0 Å². The van der Waals surface area contributed by atoms with Crippen LogP contribution in [-0.4, -0.2) is 159 Å². The van der Waals surface area contributed by atoms with Crippen molar-refractivity contribution in [3.05, 3.63) is 0 Å². The van der Waals surface area contributed by atoms with Crippen molar-refractivity contribution in [2.75, 3.05) is 19.6 Å². The van der Waals surface area contributed by atoms with Gasteiger partial charge in [-0.1, -0.05) is 89.5 Å². The number of amides is 9. The molecule has 0 radical (unpaired) electrons. The van der Waals surface area contributed by atoms with Gasteiger partial charge in [-0.2, -0.15) is 0 Å². The predicted molar refractivity (Wildman–Crippen MR) is 264 cm³/mol. The molecule has 11 N–H and O–H groups in total. The molecule has 0 unspecified atom stereocenters. The summed E-state index contributed by atoms with van der Waals surface area (Å²) in [6.45, 7) is 22.4. The van der Waals surface area contributed by atoms with Gasteiger partial charge >= 0.3 is 5.97 Å². The molecule has 0 bridgehead atoms. The van der Waals surface area contributed by atoms with Crippen LogP contribution in [0.3, 0.4) is 0 Å². The Balaban J connectivity index is 2.19. The molecule has 2 heterocycles. The van der Waals surface area contributed by atoms with E-state index in [1.54, 1.807) is 48.5 Å². The number of likely N-dealkylation sites (tertiary alicyclic amines) is 2. The number of aliphatic hydroxyl groups excluding tert-OH is 1. The Labute approximate surface area is 419 Å². The zero-order chi connectivity index (χ0) is 54.2. The zero-order valence-electron chi connectivity index (χ0n) is 44.3. The molecule has 2 aliphatic heterocycles. The summed E-state index contributed by atoms with van der Waals surface area (Å²) in [5.74, 6) is -8.70. The molecule has 22 heteroatoms. The Bertz CT molecular complexity index is 1880. The van der Waals surface area contributed by atoms with Crippen molar-refractivity contribution in [1.29, 1.82) is 0 Å². The highest BCUT2D eigenvalue weighted by Crippen LogP contribution is 2.22. The van der Waals surface area contributed by atoms with Crippen LogP contribution in [0.2, 0.25) is 0 Å². The summed E-state index contributed by atoms with van der Waals surface area (Å²) in [6, 6.07) is -10.1. The van der Waals surface area contributed by atoms with E-state index in [1.165, 1.54) is 16.7 Å². The number of nitrogens with two attached hydrogens (primary N) is 1. The number of aliphatic hydroxyl groups is 1. The lowest BCUT2D eigenvalue weighted by Gasteiger charge is -2.32. The summed E-state index contributed by atoms with van der Waals surface area (Å²) in [6.07, 6.45) is 0.799. The van der Waals surface area contributed by atoms with Crippen LogP contribution in [0, 0.1) is 35.5 Å². The average Bonchev–Trinajstić information content (AvgIpc) is 3.99. The Kier molecular flexibility index (Phi) is 24.9. The predicted octanol–water partition coefficient (Wildman–Crippen LogP) is -0.108. The summed E-state index contributed by atoms with van der Waals surface area (Å²) < 4.78 is 0. The summed E-state index contributed by atoms with van der Waals surface area (Å²) >= 11 is 0. The minimum absolute atomic E-state index is 0.0202. The molecule has 2 aliphatic rings. The summed E-state index contributed by atoms with van der Waals surface area (Å²) in [7, 11) is 0. The fourth-order valence-electron chi connectivity index (χ4n) is 8.60. The number of hydrogen-bond acceptors (Lipinski definition) is 12. The van der Waals surface area contributed by atoms with Crippen molar-refractivity contribution < 1.29 is 58.2 Å². The van der Waals surface area contributed by atoms with Crippen molar-refractivity contribution in [3.8, 4) is 0 Å². The van der Waals surface area contributed by atoms with Crippen LogP contribution in [0.1, 0.15) is 135 Å². The van der Waals surface area contributed by atoms with Crippen molar-refractivity contribution in [2.24, 2.45) is 41.2 Å². The average molecular weight is 1010 g/mol. The summed E-state index contributed by atoms with van der Waals surface area (Å²) in [4.78, 5) is 137. The number of rotatable bonds is 27. The molecule has 0 spiro atoms. The van der Waals surface area contributed by atoms with Gasteiger partial charge < -0.3 is 63.0 Å². The number of carbonyl (C=O) groups is 10. The maximum Gasteiger partial charge on any atom is 0.326 e. The molecule has 11 atom stereocenters. The second kappa shape index (κ2) is 28.6. The first-order valence-corrected chi connectivity index (χ1v) is 25.4. The van der Waals surface area contributed by atoms with Crippen molar-refractivity contribution in [2.45, 2.75) is 195 Å². The maximum atomic E-state index is 14.3. The Morgan fingerprint density at radius 3 is 1.45 bits per heavy atom. The van der Waals surface area contributed by atoms with Gasteiger partial charge in [-0.3, -0.25) is 43.2 Å². The molecule has 2 saturated heterocycles. The molecule has 0 saturated carbocycles. The second-order valence-electron chi connectivity index (χ2n) is 21.2. The zero-order valence-corrected chi connectivity index (χ0v) is 44.3. The van der Waals surface area contributed by atoms with Gasteiger partial charge in [0, 0.05) is 13.1 Å². The fraction of sp³-hybridized carbons (Fsp3) is 0.796. The van der Waals surface area contributed by atoms with Gasteiger partial charge in [0.1, 0.15) is 48.3 Å². The first kappa shape index (κ1) is 61.7. The van der Waals surface area contributed by atoms with Gasteiger partial charge in [0.05, 0.1) is 18.7 Å². The van der Waals surface area contributed by atoms with Gasteiger partial charge in [-0.15, -0.1) is 0 Å². The van der Waals surface area contributed by atoms with Gasteiger partial charge in [0.15, 0.2) is 0 Å². The molecule has 0 aromatic rings. The molecule has 0 aromatic carbocycles. The lowest BCUT2D eigenvalue weighted by atomic mass is 9.96. The van der Waals surface area contributed by atoms with E-state index < -0.39 is 132 Å². The molecule has 22 nitrogen and oxygen atoms in total. The van der Waals surface area contributed by atoms with E-state index in [4.69, 9.17) is 5.73 Å². The lowest BCUT2D eigenvalue weighted by molar-refractivity contribution is -0.144. The molecule has 71 heavy (non-hydrogen) atoms. The monoisotopic (exact) mass is 1010 g/mol. The molecular formula is C49H86N10O12. The van der Waals surface area contributed by atoms with Crippen LogP contribution in [0.25, 0.3) is 0 Å². The van der Waals surface area contributed by atoms with Gasteiger partial charge in [0.2, 0.25) is 53.2 Å². The van der Waals surface area contributed by atoms with Gasteiger partial charge in [-0.25, -0.2) is 4.79 Å². The highest BCUT2D eigenvalue weighted by atomic mass is 16.4. The first-order chi connectivity index (χ1) is 33.0. The molecular weight excluding hydrogens is 921 g/mol. The summed E-state index contributed by atoms with van der Waals surface area (Å²) in [5, 5.41) is 38.9. The largest absolute Gasteiger partial charge is 0.480 e. The SMILES string of the molecule is CC[C@H](C)[C@H](NC(=O)[C@@H]1CCCN1C(=O)CNC(=O)[C@@H]1CCCN1C(=O)[C@H](CC(C)C)NC(=O)[C@@H](NC(=O)[C@@H](NC(=O)[C@@H](NC(=O)[C@@H](N)C(C)C)C(C)C)C(C)C)[C@@H](C)O)C(=O)N[C@@H](CC(C)C)C(=O)O. The topological polar surface area (TPSA) is 328 Å². The van der Waals surface area contributed by atoms with Crippen molar-refractivity contribution >= 4 is 59.1 Å². The third kappa shape index (κ3) is 18.3. The van der Waals surface area contributed by atoms with Gasteiger partial charge in [0.25, 0.3) is 0 Å². The molecule has 2 fully saturated rings.